The molecule has 0 aromatic carbocycles. The Balaban J connectivity index is 1.69. The van der Waals surface area contributed by atoms with Crippen LogP contribution in [0.4, 0.5) is 4.79 Å². The molecule has 0 atom stereocenters. The van der Waals surface area contributed by atoms with Crippen LogP contribution in [0.1, 0.15) is 36.2 Å². The molecule has 7 nitrogen and oxygen atoms in total. The summed E-state index contributed by atoms with van der Waals surface area (Å²) in [7, 11) is 0. The van der Waals surface area contributed by atoms with E-state index in [4.69, 9.17) is 4.74 Å². The molecule has 1 aliphatic carbocycles. The van der Waals surface area contributed by atoms with Gasteiger partial charge in [0.05, 0.1) is 0 Å². The standard InChI is InChI=1S/C14H17N3O4/c18-12(17-14(20)16-10-5-1-2-6-10)9-21-13(19)11-7-3-4-8-15-11/h3-4,7-8,10H,1-2,5-6,9H2,(H2,16,17,18,20). The van der Waals surface area contributed by atoms with Crippen molar-refractivity contribution in [2.45, 2.75) is 31.7 Å². The van der Waals surface area contributed by atoms with Crippen molar-refractivity contribution in [3.63, 3.8) is 0 Å². The number of pyridine rings is 1. The van der Waals surface area contributed by atoms with E-state index >= 15 is 0 Å². The van der Waals surface area contributed by atoms with Crippen molar-refractivity contribution in [3.05, 3.63) is 30.1 Å². The molecule has 1 saturated carbocycles. The molecule has 112 valence electrons. The number of nitrogens with one attached hydrogen (secondary N) is 2. The number of urea groups is 1. The maximum atomic E-state index is 11.5. The zero-order valence-electron chi connectivity index (χ0n) is 11.5. The van der Waals surface area contributed by atoms with Crippen LogP contribution in [-0.4, -0.2) is 35.5 Å². The fourth-order valence-electron chi connectivity index (χ4n) is 2.14. The van der Waals surface area contributed by atoms with Crippen molar-refractivity contribution in [1.29, 1.82) is 0 Å². The van der Waals surface area contributed by atoms with Crippen LogP contribution in [0.3, 0.4) is 0 Å². The number of amides is 3. The number of rotatable bonds is 4. The minimum atomic E-state index is -0.707. The highest BCUT2D eigenvalue weighted by molar-refractivity contribution is 5.96. The number of ether oxygens (including phenoxy) is 1. The molecule has 1 aliphatic rings. The zero-order valence-corrected chi connectivity index (χ0v) is 11.5. The van der Waals surface area contributed by atoms with Gasteiger partial charge in [0, 0.05) is 12.2 Å². The van der Waals surface area contributed by atoms with E-state index in [2.05, 4.69) is 15.6 Å². The first kappa shape index (κ1) is 15.0. The number of esters is 1. The first-order chi connectivity index (χ1) is 10.1. The lowest BCUT2D eigenvalue weighted by Crippen LogP contribution is -2.45. The van der Waals surface area contributed by atoms with Gasteiger partial charge in [0.1, 0.15) is 5.69 Å². The van der Waals surface area contributed by atoms with Crippen LogP contribution in [0.15, 0.2) is 24.4 Å². The summed E-state index contributed by atoms with van der Waals surface area (Å²) in [6, 6.07) is 4.34. The van der Waals surface area contributed by atoms with Gasteiger partial charge >= 0.3 is 12.0 Å². The third-order valence-corrected chi connectivity index (χ3v) is 3.15. The number of carbonyl (C=O) groups excluding carboxylic acids is 3. The number of imide groups is 1. The molecular formula is C14H17N3O4. The smallest absolute Gasteiger partial charge is 0.357 e. The summed E-state index contributed by atoms with van der Waals surface area (Å²) in [5.41, 5.74) is 0.112. The van der Waals surface area contributed by atoms with Crippen LogP contribution in [-0.2, 0) is 9.53 Å². The minimum absolute atomic E-state index is 0.112. The average molecular weight is 291 g/mol. The van der Waals surface area contributed by atoms with Gasteiger partial charge in [-0.25, -0.2) is 14.6 Å². The summed E-state index contributed by atoms with van der Waals surface area (Å²) in [6.45, 7) is -0.520. The summed E-state index contributed by atoms with van der Waals surface area (Å²) < 4.78 is 4.77. The minimum Gasteiger partial charge on any atom is -0.451 e. The number of hydrogen-bond acceptors (Lipinski definition) is 5. The van der Waals surface area contributed by atoms with Gasteiger partial charge in [-0.1, -0.05) is 18.9 Å². The van der Waals surface area contributed by atoms with Gasteiger partial charge < -0.3 is 10.1 Å². The molecule has 1 aromatic rings. The van der Waals surface area contributed by atoms with E-state index in [0.29, 0.717) is 0 Å². The Hall–Kier alpha value is -2.44. The summed E-state index contributed by atoms with van der Waals surface area (Å²) in [5, 5.41) is 4.83. The lowest BCUT2D eigenvalue weighted by atomic mass is 10.2. The molecule has 21 heavy (non-hydrogen) atoms. The Kier molecular flexibility index (Phi) is 5.25. The molecule has 1 aromatic heterocycles. The van der Waals surface area contributed by atoms with E-state index in [-0.39, 0.29) is 11.7 Å². The Morgan fingerprint density at radius 1 is 1.24 bits per heavy atom. The van der Waals surface area contributed by atoms with Gasteiger partial charge in [0.2, 0.25) is 0 Å². The molecule has 0 saturated heterocycles. The number of carbonyl (C=O) groups is 3. The maximum Gasteiger partial charge on any atom is 0.357 e. The van der Waals surface area contributed by atoms with Gasteiger partial charge in [-0.15, -0.1) is 0 Å². The van der Waals surface area contributed by atoms with Gasteiger partial charge in [0.15, 0.2) is 6.61 Å². The highest BCUT2D eigenvalue weighted by Crippen LogP contribution is 2.17. The molecule has 0 radical (unpaired) electrons. The third-order valence-electron chi connectivity index (χ3n) is 3.15. The Morgan fingerprint density at radius 2 is 2.00 bits per heavy atom. The van der Waals surface area contributed by atoms with E-state index in [1.54, 1.807) is 12.1 Å². The average Bonchev–Trinajstić information content (AvgIpc) is 2.98. The maximum absolute atomic E-state index is 11.5. The summed E-state index contributed by atoms with van der Waals surface area (Å²) in [4.78, 5) is 38.4. The Labute approximate surface area is 122 Å². The van der Waals surface area contributed by atoms with Crippen molar-refractivity contribution < 1.29 is 19.1 Å². The second-order valence-corrected chi connectivity index (χ2v) is 4.79. The van der Waals surface area contributed by atoms with Crippen LogP contribution < -0.4 is 10.6 Å². The lowest BCUT2D eigenvalue weighted by Gasteiger charge is -2.12. The first-order valence-electron chi connectivity index (χ1n) is 6.83. The van der Waals surface area contributed by atoms with E-state index in [9.17, 15) is 14.4 Å². The van der Waals surface area contributed by atoms with Crippen LogP contribution in [0, 0.1) is 0 Å². The largest absolute Gasteiger partial charge is 0.451 e. The van der Waals surface area contributed by atoms with Gasteiger partial charge in [-0.3, -0.25) is 10.1 Å². The molecule has 0 aliphatic heterocycles. The highest BCUT2D eigenvalue weighted by atomic mass is 16.5. The fourth-order valence-corrected chi connectivity index (χ4v) is 2.14. The monoisotopic (exact) mass is 291 g/mol. The summed E-state index contributed by atoms with van der Waals surface area (Å²) in [5.74, 6) is -1.38. The van der Waals surface area contributed by atoms with Gasteiger partial charge in [-0.05, 0) is 25.0 Å². The number of nitrogens with zero attached hydrogens (tertiary/aromatic N) is 1. The first-order valence-corrected chi connectivity index (χ1v) is 6.83. The third kappa shape index (κ3) is 4.87. The number of hydrogen-bond donors (Lipinski definition) is 2. The lowest BCUT2D eigenvalue weighted by molar-refractivity contribution is -0.123. The summed E-state index contributed by atoms with van der Waals surface area (Å²) >= 11 is 0. The molecule has 1 heterocycles. The topological polar surface area (TPSA) is 97.4 Å². The van der Waals surface area contributed by atoms with Crippen molar-refractivity contribution in [1.82, 2.24) is 15.6 Å². The van der Waals surface area contributed by atoms with Crippen molar-refractivity contribution in [2.75, 3.05) is 6.61 Å². The van der Waals surface area contributed by atoms with Gasteiger partial charge in [-0.2, -0.15) is 0 Å². The second-order valence-electron chi connectivity index (χ2n) is 4.79. The van der Waals surface area contributed by atoms with E-state index in [0.717, 1.165) is 25.7 Å². The van der Waals surface area contributed by atoms with Crippen LogP contribution >= 0.6 is 0 Å². The van der Waals surface area contributed by atoms with Crippen molar-refractivity contribution in [3.8, 4) is 0 Å². The molecule has 0 spiro atoms. The fraction of sp³-hybridized carbons (Fsp3) is 0.429. The molecule has 0 bridgehead atoms. The van der Waals surface area contributed by atoms with Crippen molar-refractivity contribution in [2.24, 2.45) is 0 Å². The normalized spacial score (nSPS) is 14.5. The molecule has 0 unspecified atom stereocenters. The van der Waals surface area contributed by atoms with Crippen LogP contribution in [0.2, 0.25) is 0 Å². The summed E-state index contributed by atoms with van der Waals surface area (Å²) in [6.07, 6.45) is 5.47. The Morgan fingerprint density at radius 3 is 2.67 bits per heavy atom. The van der Waals surface area contributed by atoms with Crippen molar-refractivity contribution >= 4 is 17.9 Å². The molecule has 3 amide bonds. The predicted octanol–water partition coefficient (Wildman–Crippen LogP) is 1.01. The molecule has 7 heteroatoms. The van der Waals surface area contributed by atoms with E-state index < -0.39 is 24.5 Å². The van der Waals surface area contributed by atoms with E-state index in [1.165, 1.54) is 12.3 Å². The van der Waals surface area contributed by atoms with Crippen LogP contribution in [0.5, 0.6) is 0 Å². The van der Waals surface area contributed by atoms with Gasteiger partial charge in [0.25, 0.3) is 5.91 Å². The Bertz CT molecular complexity index is 512. The predicted molar refractivity (Wildman–Crippen MR) is 73.4 cm³/mol. The highest BCUT2D eigenvalue weighted by Gasteiger charge is 2.18. The molecule has 2 rings (SSSR count). The molecule has 2 N–H and O–H groups in total. The van der Waals surface area contributed by atoms with E-state index in [1.807, 2.05) is 0 Å². The molecule has 1 fully saturated rings. The number of aromatic nitrogens is 1. The SMILES string of the molecule is O=C(COC(=O)c1ccccn1)NC(=O)NC1CCCC1. The zero-order chi connectivity index (χ0) is 15.1. The second kappa shape index (κ2) is 7.37. The molecular weight excluding hydrogens is 274 g/mol. The van der Waals surface area contributed by atoms with Crippen LogP contribution in [0.25, 0.3) is 0 Å². The quantitative estimate of drug-likeness (QED) is 0.807.